The summed E-state index contributed by atoms with van der Waals surface area (Å²) in [6.07, 6.45) is -3.25. The van der Waals surface area contributed by atoms with Crippen molar-refractivity contribution in [3.05, 3.63) is 113 Å². The molecule has 4 aromatic heterocycles. The molecule has 0 spiro atoms. The monoisotopic (exact) mass is 978 g/mol. The molecule has 4 N–H and O–H groups in total. The second-order valence-electron chi connectivity index (χ2n) is 16.4. The number of nitrogens with one attached hydrogen (secondary N) is 4. The maximum absolute atomic E-state index is 12.8. The van der Waals surface area contributed by atoms with Gasteiger partial charge in [0.1, 0.15) is 10.8 Å². The Morgan fingerprint density at radius 2 is 1.19 bits per heavy atom. The molecule has 13 nitrogen and oxygen atoms in total. The summed E-state index contributed by atoms with van der Waals surface area (Å²) in [5.74, 6) is 0.462. The van der Waals surface area contributed by atoms with Crippen molar-refractivity contribution in [3.8, 4) is 28.3 Å². The van der Waals surface area contributed by atoms with Crippen LogP contribution in [0.1, 0.15) is 70.4 Å². The minimum atomic E-state index is -4.28. The van der Waals surface area contributed by atoms with Gasteiger partial charge in [-0.3, -0.25) is 9.59 Å². The van der Waals surface area contributed by atoms with Gasteiger partial charge in [-0.25, -0.2) is 19.0 Å². The highest BCUT2D eigenvalue weighted by Gasteiger charge is 2.29. The molecular formula is C47H45ClF6N10O3S. The molecule has 3 aromatic carbocycles. The van der Waals surface area contributed by atoms with Crippen LogP contribution in [0.4, 0.5) is 37.7 Å². The summed E-state index contributed by atoms with van der Waals surface area (Å²) in [5.41, 5.74) is 7.18. The zero-order valence-corrected chi connectivity index (χ0v) is 38.4. The van der Waals surface area contributed by atoms with E-state index in [1.165, 1.54) is 22.3 Å². The maximum atomic E-state index is 12.8. The summed E-state index contributed by atoms with van der Waals surface area (Å²) in [6.45, 7) is 3.12. The number of fused-ring (bicyclic) bond motifs is 2. The zero-order chi connectivity index (χ0) is 48.3. The number of carbonyl (C=O) groups is 2. The number of amides is 2. The van der Waals surface area contributed by atoms with Crippen molar-refractivity contribution in [2.75, 3.05) is 30.8 Å². The Morgan fingerprint density at radius 1 is 0.706 bits per heavy atom. The van der Waals surface area contributed by atoms with Crippen molar-refractivity contribution in [3.63, 3.8) is 0 Å². The largest absolute Gasteiger partial charge is 0.496 e. The molecule has 2 fully saturated rings. The van der Waals surface area contributed by atoms with Crippen LogP contribution in [0.2, 0.25) is 5.15 Å². The number of para-hydroxylation sites is 1. The minimum Gasteiger partial charge on any atom is -0.496 e. The fraction of sp³-hybridized carbons (Fsp3) is 0.319. The number of nitrogens with zero attached hydrogens (tertiary/aromatic N) is 6. The lowest BCUT2D eigenvalue weighted by molar-refractivity contribution is -0.132. The molecule has 7 aromatic rings. The zero-order valence-electron chi connectivity index (χ0n) is 36.9. The van der Waals surface area contributed by atoms with E-state index in [0.717, 1.165) is 52.8 Å². The second-order valence-corrected chi connectivity index (χ2v) is 17.9. The van der Waals surface area contributed by atoms with Gasteiger partial charge in [0.05, 0.1) is 60.0 Å². The number of ether oxygens (including phenoxy) is 1. The van der Waals surface area contributed by atoms with Crippen LogP contribution in [0.25, 0.3) is 33.8 Å². The van der Waals surface area contributed by atoms with Crippen LogP contribution >= 0.6 is 23.4 Å². The molecule has 2 aliphatic carbocycles. The molecule has 0 radical (unpaired) electrons. The van der Waals surface area contributed by atoms with E-state index in [2.05, 4.69) is 36.3 Å². The van der Waals surface area contributed by atoms with E-state index >= 15 is 0 Å². The summed E-state index contributed by atoms with van der Waals surface area (Å²) >= 11 is 7.42. The minimum absolute atomic E-state index is 0.0977. The first-order valence-electron chi connectivity index (χ1n) is 21.6. The van der Waals surface area contributed by atoms with E-state index in [0.29, 0.717) is 56.0 Å². The Balaban J connectivity index is 0.000000189. The Labute approximate surface area is 395 Å². The van der Waals surface area contributed by atoms with Gasteiger partial charge in [-0.05, 0) is 93.1 Å². The molecule has 9 rings (SSSR count). The molecule has 68 heavy (non-hydrogen) atoms. The molecule has 0 bridgehead atoms. The lowest BCUT2D eigenvalue weighted by Crippen LogP contribution is -2.26. The van der Waals surface area contributed by atoms with Crippen molar-refractivity contribution >= 4 is 57.8 Å². The Hall–Kier alpha value is -6.54. The number of hydrogen-bond acceptors (Lipinski definition) is 10. The summed E-state index contributed by atoms with van der Waals surface area (Å²) in [5, 5.41) is 21.2. The normalized spacial score (nSPS) is 13.8. The number of halogens is 7. The Morgan fingerprint density at radius 3 is 1.66 bits per heavy atom. The number of aromatic nitrogens is 6. The molecule has 0 aliphatic heterocycles. The highest BCUT2D eigenvalue weighted by molar-refractivity contribution is 7.99. The first-order chi connectivity index (χ1) is 32.4. The van der Waals surface area contributed by atoms with E-state index in [4.69, 9.17) is 21.4 Å². The number of rotatable bonds is 15. The molecule has 0 unspecified atom stereocenters. The van der Waals surface area contributed by atoms with Crippen LogP contribution in [0.15, 0.2) is 95.1 Å². The van der Waals surface area contributed by atoms with E-state index in [-0.39, 0.29) is 42.1 Å². The molecule has 2 amide bonds. The number of benzene rings is 3. The standard InChI is InChI=1S/C27H26F3N5O2S.C20H19ClF3N5O/c1-16-13-17(7-10-19(16)26(36)33-18-8-9-18)21-15-32-25-20(31-12-11-27(28,29)30)14-24(34-35(21)25)38-23-6-4-3-5-22(23)37-2;1-11-8-12(2-5-14(11)19(30)27-13-3-4-13)16-10-26-18-15(9-17(21)28-29(16)18)25-7-6-20(22,23)24/h3-7,10,13-15,18,31H,8-9,11-12H2,1-2H3,(H,33,36);2,5,8-10,13,25H,3-4,6-7H2,1H3,(H,27,30). The number of imidazole rings is 2. The average Bonchev–Trinajstić information content (AvgIpc) is 4.19. The second kappa shape index (κ2) is 20.0. The third-order valence-corrected chi connectivity index (χ3v) is 12.1. The van der Waals surface area contributed by atoms with E-state index < -0.39 is 25.2 Å². The predicted molar refractivity (Wildman–Crippen MR) is 248 cm³/mol. The van der Waals surface area contributed by atoms with Gasteiger partial charge in [0.15, 0.2) is 16.4 Å². The van der Waals surface area contributed by atoms with E-state index in [1.54, 1.807) is 48.3 Å². The van der Waals surface area contributed by atoms with Gasteiger partial charge in [0.25, 0.3) is 11.8 Å². The lowest BCUT2D eigenvalue weighted by atomic mass is 10.0. The van der Waals surface area contributed by atoms with Gasteiger partial charge < -0.3 is 26.0 Å². The Kier molecular flexibility index (Phi) is 14.1. The van der Waals surface area contributed by atoms with E-state index in [9.17, 15) is 35.9 Å². The van der Waals surface area contributed by atoms with Gasteiger partial charge in [0.2, 0.25) is 0 Å². The Bertz CT molecular complexity index is 2990. The fourth-order valence-electron chi connectivity index (χ4n) is 7.22. The van der Waals surface area contributed by atoms with Crippen LogP contribution in [-0.4, -0.2) is 85.6 Å². The lowest BCUT2D eigenvalue weighted by Gasteiger charge is -2.13. The topological polar surface area (TPSA) is 152 Å². The number of carbonyl (C=O) groups excluding carboxylic acids is 2. The molecule has 0 saturated heterocycles. The van der Waals surface area contributed by atoms with Crippen molar-refractivity contribution in [1.29, 1.82) is 0 Å². The van der Waals surface area contributed by atoms with Crippen molar-refractivity contribution in [2.45, 2.75) is 86.7 Å². The van der Waals surface area contributed by atoms with Gasteiger partial charge in [-0.2, -0.15) is 36.5 Å². The van der Waals surface area contributed by atoms with Crippen molar-refractivity contribution in [1.82, 2.24) is 39.8 Å². The smallest absolute Gasteiger partial charge is 0.390 e. The molecular weight excluding hydrogens is 934 g/mol. The maximum Gasteiger partial charge on any atom is 0.390 e. The van der Waals surface area contributed by atoms with Gasteiger partial charge in [0, 0.05) is 53.5 Å². The summed E-state index contributed by atoms with van der Waals surface area (Å²) in [4.78, 5) is 34.5. The number of anilines is 2. The highest BCUT2D eigenvalue weighted by Crippen LogP contribution is 2.37. The third-order valence-electron chi connectivity index (χ3n) is 11.0. The third kappa shape index (κ3) is 11.9. The van der Waals surface area contributed by atoms with E-state index in [1.807, 2.05) is 56.3 Å². The number of methoxy groups -OCH3 is 1. The van der Waals surface area contributed by atoms with Crippen molar-refractivity contribution < 1.29 is 40.7 Å². The predicted octanol–water partition coefficient (Wildman–Crippen LogP) is 10.7. The van der Waals surface area contributed by atoms with Gasteiger partial charge >= 0.3 is 12.4 Å². The highest BCUT2D eigenvalue weighted by atomic mass is 35.5. The average molecular weight is 979 g/mol. The number of aryl methyl sites for hydroxylation is 2. The molecule has 2 aliphatic rings. The first kappa shape index (κ1) is 47.9. The first-order valence-corrected chi connectivity index (χ1v) is 22.8. The summed E-state index contributed by atoms with van der Waals surface area (Å²) in [7, 11) is 1.57. The molecule has 2 saturated carbocycles. The molecule has 21 heteroatoms. The van der Waals surface area contributed by atoms with Crippen LogP contribution in [0.3, 0.4) is 0 Å². The van der Waals surface area contributed by atoms with Crippen LogP contribution in [0.5, 0.6) is 5.75 Å². The molecule has 356 valence electrons. The number of alkyl halides is 6. The van der Waals surface area contributed by atoms with Crippen LogP contribution in [-0.2, 0) is 0 Å². The molecule has 4 heterocycles. The van der Waals surface area contributed by atoms with Gasteiger partial charge in [-0.1, -0.05) is 47.6 Å². The quantitative estimate of drug-likeness (QED) is 0.0731. The summed E-state index contributed by atoms with van der Waals surface area (Å²) in [6, 6.07) is 22.0. The fourth-order valence-corrected chi connectivity index (χ4v) is 8.33. The van der Waals surface area contributed by atoms with Crippen molar-refractivity contribution in [2.24, 2.45) is 0 Å². The van der Waals surface area contributed by atoms with Gasteiger partial charge in [-0.15, -0.1) is 0 Å². The molecule has 0 atom stereocenters. The summed E-state index contributed by atoms with van der Waals surface area (Å²) < 4.78 is 84.4. The number of hydrogen-bond donors (Lipinski definition) is 4. The van der Waals surface area contributed by atoms with Crippen LogP contribution in [0, 0.1) is 13.8 Å². The van der Waals surface area contributed by atoms with Crippen LogP contribution < -0.4 is 26.0 Å². The SMILES string of the molecule is COc1ccccc1Sc1cc(NCCC(F)(F)F)c2ncc(-c3ccc(C(=O)NC4CC4)c(C)c3)n2n1.Cc1cc(-c2cnc3c(NCCC(F)(F)F)cc(Cl)nn23)ccc1C(=O)NC1CC1.